The van der Waals surface area contributed by atoms with Gasteiger partial charge in [0.1, 0.15) is 23.7 Å². The summed E-state index contributed by atoms with van der Waals surface area (Å²) in [6, 6.07) is 14.1. The zero-order chi connectivity index (χ0) is 16.9. The van der Waals surface area contributed by atoms with Gasteiger partial charge in [-0.25, -0.2) is 14.4 Å². The number of hydrogen-bond acceptors (Lipinski definition) is 4. The maximum atomic E-state index is 12.9. The third-order valence-electron chi connectivity index (χ3n) is 3.10. The van der Waals surface area contributed by atoms with Crippen molar-refractivity contribution < 1.29 is 9.18 Å². The molecule has 1 amide bonds. The predicted molar refractivity (Wildman–Crippen MR) is 91.1 cm³/mol. The molecule has 3 aromatic rings. The Morgan fingerprint density at radius 3 is 2.54 bits per heavy atom. The van der Waals surface area contributed by atoms with Gasteiger partial charge in [0.25, 0.3) is 5.91 Å². The van der Waals surface area contributed by atoms with Crippen LogP contribution in [0.3, 0.4) is 0 Å². The highest BCUT2D eigenvalue weighted by Crippen LogP contribution is 2.17. The smallest absolute Gasteiger partial charge is 0.274 e. The molecule has 120 valence electrons. The van der Waals surface area contributed by atoms with E-state index in [1.807, 2.05) is 0 Å². The first kappa shape index (κ1) is 15.9. The van der Waals surface area contributed by atoms with Crippen LogP contribution in [0.15, 0.2) is 60.9 Å². The summed E-state index contributed by atoms with van der Waals surface area (Å²) in [4.78, 5) is 20.3. The number of hydrogen-bond donors (Lipinski definition) is 2. The number of rotatable bonds is 4. The summed E-state index contributed by atoms with van der Waals surface area (Å²) in [6.45, 7) is 0. The molecule has 0 spiro atoms. The molecule has 0 aliphatic carbocycles. The summed E-state index contributed by atoms with van der Waals surface area (Å²) in [5.74, 6) is -0.292. The molecule has 0 bridgehead atoms. The van der Waals surface area contributed by atoms with Crippen molar-refractivity contribution in [2.75, 3.05) is 10.6 Å². The van der Waals surface area contributed by atoms with E-state index in [0.717, 1.165) is 0 Å². The average molecular weight is 343 g/mol. The molecular formula is C17H12ClFN4O. The Morgan fingerprint density at radius 2 is 1.79 bits per heavy atom. The highest BCUT2D eigenvalue weighted by atomic mass is 35.5. The third-order valence-corrected chi connectivity index (χ3v) is 3.33. The second-order valence-corrected chi connectivity index (χ2v) is 5.32. The molecule has 0 aliphatic rings. The minimum Gasteiger partial charge on any atom is -0.340 e. The van der Waals surface area contributed by atoms with Crippen molar-refractivity contribution in [2.45, 2.75) is 0 Å². The molecule has 1 heterocycles. The SMILES string of the molecule is O=C(Nc1cccc(Cl)c1)c1cc(Nc2ccc(F)cc2)ncn1. The first-order valence-corrected chi connectivity index (χ1v) is 7.39. The van der Waals surface area contributed by atoms with Crippen molar-refractivity contribution >= 4 is 34.7 Å². The van der Waals surface area contributed by atoms with Crippen LogP contribution in [-0.4, -0.2) is 15.9 Å². The Kier molecular flexibility index (Phi) is 4.67. The normalized spacial score (nSPS) is 10.2. The van der Waals surface area contributed by atoms with Gasteiger partial charge in [0.15, 0.2) is 0 Å². The summed E-state index contributed by atoms with van der Waals surface area (Å²) < 4.78 is 12.9. The topological polar surface area (TPSA) is 66.9 Å². The molecule has 0 unspecified atom stereocenters. The van der Waals surface area contributed by atoms with Gasteiger partial charge in [-0.3, -0.25) is 4.79 Å². The monoisotopic (exact) mass is 342 g/mol. The number of halogens is 2. The Morgan fingerprint density at radius 1 is 1.00 bits per heavy atom. The van der Waals surface area contributed by atoms with Gasteiger partial charge in [-0.05, 0) is 42.5 Å². The maximum absolute atomic E-state index is 12.9. The number of nitrogens with one attached hydrogen (secondary N) is 2. The summed E-state index contributed by atoms with van der Waals surface area (Å²) >= 11 is 5.89. The number of nitrogens with zero attached hydrogens (tertiary/aromatic N) is 2. The Balaban J connectivity index is 1.74. The van der Waals surface area contributed by atoms with Gasteiger partial charge < -0.3 is 10.6 Å². The van der Waals surface area contributed by atoms with Crippen LogP contribution in [0.4, 0.5) is 21.6 Å². The number of amides is 1. The molecular weight excluding hydrogens is 331 g/mol. The van der Waals surface area contributed by atoms with Crippen LogP contribution in [0.25, 0.3) is 0 Å². The molecule has 0 atom stereocenters. The van der Waals surface area contributed by atoms with Crippen LogP contribution in [0, 0.1) is 5.82 Å². The lowest BCUT2D eigenvalue weighted by Gasteiger charge is -2.08. The molecule has 2 aromatic carbocycles. The largest absolute Gasteiger partial charge is 0.340 e. The lowest BCUT2D eigenvalue weighted by atomic mass is 10.3. The van der Waals surface area contributed by atoms with Crippen molar-refractivity contribution in [2.24, 2.45) is 0 Å². The van der Waals surface area contributed by atoms with E-state index in [1.165, 1.54) is 24.5 Å². The van der Waals surface area contributed by atoms with Crippen molar-refractivity contribution in [1.82, 2.24) is 9.97 Å². The molecule has 3 rings (SSSR count). The lowest BCUT2D eigenvalue weighted by Crippen LogP contribution is -2.14. The van der Waals surface area contributed by atoms with E-state index in [1.54, 1.807) is 36.4 Å². The van der Waals surface area contributed by atoms with Crippen molar-refractivity contribution in [3.05, 3.63) is 77.5 Å². The molecule has 0 fully saturated rings. The molecule has 0 aliphatic heterocycles. The van der Waals surface area contributed by atoms with Gasteiger partial charge in [0, 0.05) is 22.5 Å². The standard InChI is InChI=1S/C17H12ClFN4O/c18-11-2-1-3-14(8-11)23-17(24)15-9-16(21-10-20-15)22-13-6-4-12(19)5-7-13/h1-10H,(H,23,24)(H,20,21,22). The van der Waals surface area contributed by atoms with Gasteiger partial charge in [-0.1, -0.05) is 17.7 Å². The highest BCUT2D eigenvalue weighted by molar-refractivity contribution is 6.30. The van der Waals surface area contributed by atoms with Gasteiger partial charge >= 0.3 is 0 Å². The molecule has 24 heavy (non-hydrogen) atoms. The molecule has 5 nitrogen and oxygen atoms in total. The third kappa shape index (κ3) is 4.05. The van der Waals surface area contributed by atoms with E-state index in [-0.39, 0.29) is 17.4 Å². The minimum absolute atomic E-state index is 0.189. The Bertz CT molecular complexity index is 870. The maximum Gasteiger partial charge on any atom is 0.274 e. The van der Waals surface area contributed by atoms with Crippen molar-refractivity contribution in [3.63, 3.8) is 0 Å². The lowest BCUT2D eigenvalue weighted by molar-refractivity contribution is 0.102. The fraction of sp³-hybridized carbons (Fsp3) is 0. The van der Waals surface area contributed by atoms with E-state index in [9.17, 15) is 9.18 Å². The highest BCUT2D eigenvalue weighted by Gasteiger charge is 2.09. The van der Waals surface area contributed by atoms with E-state index >= 15 is 0 Å². The van der Waals surface area contributed by atoms with E-state index in [0.29, 0.717) is 22.2 Å². The molecule has 0 saturated heterocycles. The van der Waals surface area contributed by atoms with Gasteiger partial charge in [-0.15, -0.1) is 0 Å². The summed E-state index contributed by atoms with van der Waals surface area (Å²) in [5.41, 5.74) is 1.41. The van der Waals surface area contributed by atoms with E-state index < -0.39 is 0 Å². The van der Waals surface area contributed by atoms with Crippen LogP contribution in [0.5, 0.6) is 0 Å². The molecule has 0 saturated carbocycles. The van der Waals surface area contributed by atoms with Crippen LogP contribution < -0.4 is 10.6 Å². The number of anilines is 3. The first-order chi connectivity index (χ1) is 11.6. The summed E-state index contributed by atoms with van der Waals surface area (Å²) in [6.07, 6.45) is 1.28. The Labute approximate surface area is 142 Å². The van der Waals surface area contributed by atoms with Crippen LogP contribution in [0.2, 0.25) is 5.02 Å². The number of carbonyl (C=O) groups is 1. The summed E-state index contributed by atoms with van der Waals surface area (Å²) in [7, 11) is 0. The second kappa shape index (κ2) is 7.06. The second-order valence-electron chi connectivity index (χ2n) is 4.88. The first-order valence-electron chi connectivity index (χ1n) is 7.02. The van der Waals surface area contributed by atoms with Gasteiger partial charge in [-0.2, -0.15) is 0 Å². The number of carbonyl (C=O) groups excluding carboxylic acids is 1. The van der Waals surface area contributed by atoms with E-state index in [4.69, 9.17) is 11.6 Å². The minimum atomic E-state index is -0.387. The van der Waals surface area contributed by atoms with Crippen LogP contribution >= 0.6 is 11.6 Å². The zero-order valence-electron chi connectivity index (χ0n) is 12.3. The van der Waals surface area contributed by atoms with Crippen molar-refractivity contribution in [3.8, 4) is 0 Å². The fourth-order valence-corrected chi connectivity index (χ4v) is 2.18. The van der Waals surface area contributed by atoms with E-state index in [2.05, 4.69) is 20.6 Å². The van der Waals surface area contributed by atoms with Crippen LogP contribution in [0.1, 0.15) is 10.5 Å². The average Bonchev–Trinajstić information content (AvgIpc) is 2.57. The molecule has 0 radical (unpaired) electrons. The fourth-order valence-electron chi connectivity index (χ4n) is 1.99. The molecule has 7 heteroatoms. The summed E-state index contributed by atoms with van der Waals surface area (Å²) in [5, 5.41) is 6.21. The van der Waals surface area contributed by atoms with Gasteiger partial charge in [0.2, 0.25) is 0 Å². The zero-order valence-corrected chi connectivity index (χ0v) is 13.1. The number of benzene rings is 2. The Hall–Kier alpha value is -2.99. The van der Waals surface area contributed by atoms with Crippen LogP contribution in [-0.2, 0) is 0 Å². The predicted octanol–water partition coefficient (Wildman–Crippen LogP) is 4.27. The quantitative estimate of drug-likeness (QED) is 0.743. The number of aromatic nitrogens is 2. The molecule has 1 aromatic heterocycles. The van der Waals surface area contributed by atoms with Crippen molar-refractivity contribution in [1.29, 1.82) is 0 Å². The molecule has 2 N–H and O–H groups in total. The van der Waals surface area contributed by atoms with Gasteiger partial charge in [0.05, 0.1) is 0 Å².